The van der Waals surface area contributed by atoms with Gasteiger partial charge in [0.1, 0.15) is 0 Å². The minimum absolute atomic E-state index is 0.00552. The lowest BCUT2D eigenvalue weighted by Gasteiger charge is -2.12. The standard InChI is InChI=1S/C17H20F3N3O4S/c1-26-14-6-5-12(9-15(14)27-2)28(24,25)21-7-8-23-13(11-3-4-11)10-16(22-23)17(18,19)20/h5-6,9-11,21H,3-4,7-8H2,1-2H3. The Morgan fingerprint density at radius 3 is 2.43 bits per heavy atom. The molecule has 0 atom stereocenters. The fraction of sp³-hybridized carbons (Fsp3) is 0.471. The molecule has 1 N–H and O–H groups in total. The zero-order valence-corrected chi connectivity index (χ0v) is 16.1. The predicted octanol–water partition coefficient (Wildman–Crippen LogP) is 2.78. The van der Waals surface area contributed by atoms with Crippen molar-refractivity contribution in [3.63, 3.8) is 0 Å². The van der Waals surface area contributed by atoms with Crippen LogP contribution in [0.25, 0.3) is 0 Å². The zero-order chi connectivity index (χ0) is 20.5. The highest BCUT2D eigenvalue weighted by Gasteiger charge is 2.37. The summed E-state index contributed by atoms with van der Waals surface area (Å²) >= 11 is 0. The Hall–Kier alpha value is -2.27. The monoisotopic (exact) mass is 419 g/mol. The predicted molar refractivity (Wildman–Crippen MR) is 93.9 cm³/mol. The van der Waals surface area contributed by atoms with E-state index in [0.717, 1.165) is 18.9 Å². The number of benzene rings is 1. The lowest BCUT2D eigenvalue weighted by atomic mass is 10.2. The Kier molecular flexibility index (Phi) is 5.57. The average Bonchev–Trinajstić information content (AvgIpc) is 3.39. The SMILES string of the molecule is COc1ccc(S(=O)(=O)NCCn2nc(C(F)(F)F)cc2C2CC2)cc1OC. The van der Waals surface area contributed by atoms with Gasteiger partial charge in [-0.2, -0.15) is 18.3 Å². The first-order valence-electron chi connectivity index (χ1n) is 8.52. The van der Waals surface area contributed by atoms with Crippen molar-refractivity contribution in [3.8, 4) is 11.5 Å². The second-order valence-electron chi connectivity index (χ2n) is 6.36. The van der Waals surface area contributed by atoms with E-state index < -0.39 is 21.9 Å². The van der Waals surface area contributed by atoms with Gasteiger partial charge in [0.25, 0.3) is 0 Å². The molecule has 0 unspecified atom stereocenters. The van der Waals surface area contributed by atoms with Gasteiger partial charge in [0, 0.05) is 24.2 Å². The van der Waals surface area contributed by atoms with Crippen LogP contribution in [0, 0.1) is 0 Å². The number of nitrogens with one attached hydrogen (secondary N) is 1. The lowest BCUT2D eigenvalue weighted by Crippen LogP contribution is -2.28. The number of methoxy groups -OCH3 is 2. The van der Waals surface area contributed by atoms with Crippen LogP contribution in [-0.2, 0) is 22.7 Å². The lowest BCUT2D eigenvalue weighted by molar-refractivity contribution is -0.141. The maximum atomic E-state index is 12.9. The number of alkyl halides is 3. The Morgan fingerprint density at radius 2 is 1.86 bits per heavy atom. The van der Waals surface area contributed by atoms with Gasteiger partial charge in [-0.3, -0.25) is 4.68 Å². The molecular weight excluding hydrogens is 399 g/mol. The second kappa shape index (κ2) is 7.63. The molecule has 154 valence electrons. The van der Waals surface area contributed by atoms with Crippen LogP contribution in [0.1, 0.15) is 30.1 Å². The van der Waals surface area contributed by atoms with E-state index >= 15 is 0 Å². The summed E-state index contributed by atoms with van der Waals surface area (Å²) in [6.07, 6.45) is -2.92. The average molecular weight is 419 g/mol. The van der Waals surface area contributed by atoms with Crippen molar-refractivity contribution in [2.24, 2.45) is 0 Å². The number of sulfonamides is 1. The summed E-state index contributed by atoms with van der Waals surface area (Å²) in [6.45, 7) is -0.107. The van der Waals surface area contributed by atoms with Crippen molar-refractivity contribution in [2.45, 2.75) is 36.4 Å². The van der Waals surface area contributed by atoms with Gasteiger partial charge in [-0.25, -0.2) is 13.1 Å². The summed E-state index contributed by atoms with van der Waals surface area (Å²) in [7, 11) is -1.06. The van der Waals surface area contributed by atoms with Gasteiger partial charge in [0.15, 0.2) is 17.2 Å². The Balaban J connectivity index is 1.71. The van der Waals surface area contributed by atoms with Gasteiger partial charge < -0.3 is 9.47 Å². The number of rotatable bonds is 8. The third-order valence-corrected chi connectivity index (χ3v) is 5.84. The summed E-state index contributed by atoms with van der Waals surface area (Å²) in [5, 5.41) is 3.61. The second-order valence-corrected chi connectivity index (χ2v) is 8.13. The molecule has 1 aromatic carbocycles. The molecule has 1 saturated carbocycles. The van der Waals surface area contributed by atoms with Gasteiger partial charge in [0.05, 0.1) is 25.7 Å². The maximum absolute atomic E-state index is 12.9. The molecular formula is C17H20F3N3O4S. The molecule has 0 bridgehead atoms. The Labute approximate surface area is 160 Å². The highest BCUT2D eigenvalue weighted by molar-refractivity contribution is 7.89. The van der Waals surface area contributed by atoms with Crippen LogP contribution in [0.15, 0.2) is 29.2 Å². The van der Waals surface area contributed by atoms with Gasteiger partial charge >= 0.3 is 6.18 Å². The Morgan fingerprint density at radius 1 is 1.18 bits per heavy atom. The molecule has 1 aliphatic rings. The van der Waals surface area contributed by atoms with Crippen LogP contribution in [-0.4, -0.2) is 39.0 Å². The van der Waals surface area contributed by atoms with Crippen molar-refractivity contribution in [2.75, 3.05) is 20.8 Å². The highest BCUT2D eigenvalue weighted by atomic mass is 32.2. The number of halogens is 3. The molecule has 2 aromatic rings. The van der Waals surface area contributed by atoms with Gasteiger partial charge in [-0.15, -0.1) is 0 Å². The Bertz CT molecular complexity index is 953. The van der Waals surface area contributed by atoms with Crippen molar-refractivity contribution in [1.82, 2.24) is 14.5 Å². The van der Waals surface area contributed by atoms with Crippen molar-refractivity contribution in [3.05, 3.63) is 35.7 Å². The fourth-order valence-corrected chi connectivity index (χ4v) is 3.85. The molecule has 28 heavy (non-hydrogen) atoms. The molecule has 1 aliphatic carbocycles. The normalized spacial score (nSPS) is 14.9. The summed E-state index contributed by atoms with van der Waals surface area (Å²) < 4.78 is 77.5. The topological polar surface area (TPSA) is 82.5 Å². The molecule has 1 heterocycles. The number of ether oxygens (including phenoxy) is 2. The van der Waals surface area contributed by atoms with Crippen LogP contribution in [0.5, 0.6) is 11.5 Å². The summed E-state index contributed by atoms with van der Waals surface area (Å²) in [4.78, 5) is -0.0380. The van der Waals surface area contributed by atoms with E-state index in [1.807, 2.05) is 0 Å². The number of hydrogen-bond acceptors (Lipinski definition) is 5. The summed E-state index contributed by atoms with van der Waals surface area (Å²) in [6, 6.07) is 5.17. The number of hydrogen-bond donors (Lipinski definition) is 1. The fourth-order valence-electron chi connectivity index (χ4n) is 2.81. The molecule has 0 saturated heterocycles. The molecule has 1 fully saturated rings. The first kappa shape index (κ1) is 20.5. The molecule has 0 radical (unpaired) electrons. The number of aromatic nitrogens is 2. The maximum Gasteiger partial charge on any atom is 0.435 e. The van der Waals surface area contributed by atoms with E-state index in [1.165, 1.54) is 37.1 Å². The quantitative estimate of drug-likeness (QED) is 0.712. The van der Waals surface area contributed by atoms with Crippen molar-refractivity contribution >= 4 is 10.0 Å². The highest BCUT2D eigenvalue weighted by Crippen LogP contribution is 2.42. The number of nitrogens with zero attached hydrogens (tertiary/aromatic N) is 2. The molecule has 0 spiro atoms. The van der Waals surface area contributed by atoms with Crippen LogP contribution >= 0.6 is 0 Å². The largest absolute Gasteiger partial charge is 0.493 e. The summed E-state index contributed by atoms with van der Waals surface area (Å²) in [5.41, 5.74) is -0.477. The van der Waals surface area contributed by atoms with Crippen LogP contribution in [0.4, 0.5) is 13.2 Å². The minimum Gasteiger partial charge on any atom is -0.493 e. The molecule has 3 rings (SSSR count). The van der Waals surface area contributed by atoms with Crippen LogP contribution in [0.2, 0.25) is 0 Å². The van der Waals surface area contributed by atoms with Gasteiger partial charge in [-0.05, 0) is 31.0 Å². The van der Waals surface area contributed by atoms with E-state index in [-0.39, 0.29) is 29.7 Å². The third-order valence-electron chi connectivity index (χ3n) is 4.38. The van der Waals surface area contributed by atoms with Crippen LogP contribution in [0.3, 0.4) is 0 Å². The van der Waals surface area contributed by atoms with Crippen LogP contribution < -0.4 is 14.2 Å². The van der Waals surface area contributed by atoms with Crippen molar-refractivity contribution in [1.29, 1.82) is 0 Å². The van der Waals surface area contributed by atoms with E-state index in [1.54, 1.807) is 0 Å². The van der Waals surface area contributed by atoms with E-state index in [4.69, 9.17) is 9.47 Å². The van der Waals surface area contributed by atoms with Gasteiger partial charge in [-0.1, -0.05) is 0 Å². The molecule has 11 heteroatoms. The molecule has 1 aromatic heterocycles. The van der Waals surface area contributed by atoms with E-state index in [2.05, 4.69) is 9.82 Å². The summed E-state index contributed by atoms with van der Waals surface area (Å²) in [5.74, 6) is 0.682. The molecule has 0 amide bonds. The first-order chi connectivity index (χ1) is 13.2. The van der Waals surface area contributed by atoms with Gasteiger partial charge in [0.2, 0.25) is 10.0 Å². The first-order valence-corrected chi connectivity index (χ1v) is 10.0. The zero-order valence-electron chi connectivity index (χ0n) is 15.3. The minimum atomic E-state index is -4.53. The molecule has 0 aliphatic heterocycles. The van der Waals surface area contributed by atoms with E-state index in [0.29, 0.717) is 11.4 Å². The molecule has 7 nitrogen and oxygen atoms in total. The van der Waals surface area contributed by atoms with E-state index in [9.17, 15) is 21.6 Å². The van der Waals surface area contributed by atoms with Crippen molar-refractivity contribution < 1.29 is 31.1 Å². The third kappa shape index (κ3) is 4.41. The smallest absolute Gasteiger partial charge is 0.435 e.